The van der Waals surface area contributed by atoms with Crippen LogP contribution in [0.25, 0.3) is 11.3 Å². The molecule has 1 aromatic carbocycles. The molecule has 34 heavy (non-hydrogen) atoms. The van der Waals surface area contributed by atoms with Crippen LogP contribution in [0.4, 0.5) is 4.39 Å². The minimum absolute atomic E-state index is 0.132. The molecule has 0 aliphatic carbocycles. The molecule has 2 aliphatic rings. The molecule has 2 fully saturated rings. The second kappa shape index (κ2) is 10.5. The molecule has 2 atom stereocenters. The highest BCUT2D eigenvalue weighted by Crippen LogP contribution is 2.41. The van der Waals surface area contributed by atoms with Crippen LogP contribution in [0.2, 0.25) is 0 Å². The minimum atomic E-state index is -0.297. The van der Waals surface area contributed by atoms with Gasteiger partial charge in [0.2, 0.25) is 0 Å². The molecule has 0 saturated carbocycles. The molecule has 178 valence electrons. The van der Waals surface area contributed by atoms with Crippen molar-refractivity contribution in [1.29, 1.82) is 0 Å². The van der Waals surface area contributed by atoms with E-state index < -0.39 is 0 Å². The quantitative estimate of drug-likeness (QED) is 0.423. The van der Waals surface area contributed by atoms with Crippen molar-refractivity contribution in [2.75, 3.05) is 39.4 Å². The predicted molar refractivity (Wildman–Crippen MR) is 136 cm³/mol. The molecule has 4 heterocycles. The van der Waals surface area contributed by atoms with Crippen LogP contribution in [0.3, 0.4) is 0 Å². The van der Waals surface area contributed by atoms with Gasteiger partial charge in [0.15, 0.2) is 5.11 Å². The molecule has 0 unspecified atom stereocenters. The van der Waals surface area contributed by atoms with Gasteiger partial charge in [-0.3, -0.25) is 9.88 Å². The molecule has 3 aromatic rings. The van der Waals surface area contributed by atoms with Gasteiger partial charge in [-0.05, 0) is 77.0 Å². The molecule has 0 radical (unpaired) electrons. The van der Waals surface area contributed by atoms with Crippen molar-refractivity contribution in [2.45, 2.75) is 18.5 Å². The molecule has 0 amide bonds. The lowest BCUT2D eigenvalue weighted by Gasteiger charge is -2.29. The molecule has 0 spiro atoms. The maximum absolute atomic E-state index is 13.6. The Balaban J connectivity index is 1.41. The Morgan fingerprint density at radius 2 is 1.97 bits per heavy atom. The van der Waals surface area contributed by atoms with Crippen molar-refractivity contribution < 1.29 is 13.5 Å². The summed E-state index contributed by atoms with van der Waals surface area (Å²) in [6.07, 6.45) is 2.77. The van der Waals surface area contributed by atoms with E-state index in [1.165, 1.54) is 12.1 Å². The highest BCUT2D eigenvalue weighted by molar-refractivity contribution is 9.10. The largest absolute Gasteiger partial charge is 0.459 e. The molecular weight excluding hydrogens is 519 g/mol. The highest BCUT2D eigenvalue weighted by atomic mass is 79.9. The summed E-state index contributed by atoms with van der Waals surface area (Å²) in [6.45, 7) is 5.32. The number of nitrogens with zero attached hydrogens (tertiary/aromatic N) is 3. The van der Waals surface area contributed by atoms with Crippen molar-refractivity contribution >= 4 is 33.3 Å². The van der Waals surface area contributed by atoms with Crippen LogP contribution in [0.1, 0.15) is 30.0 Å². The van der Waals surface area contributed by atoms with Crippen LogP contribution in [0, 0.1) is 5.82 Å². The van der Waals surface area contributed by atoms with Gasteiger partial charge in [0.05, 0.1) is 24.9 Å². The second-order valence-corrected chi connectivity index (χ2v) is 9.69. The standard InChI is InChI=1S/C25H26BrFN4O2S/c26-19-16-17(27)5-6-18(19)21-7-8-22(33-21)24-23(20-4-1-2-9-28-20)29-25(34)31(24)11-3-10-30-12-14-32-15-13-30/h1-2,4-9,16,23-24H,3,10-15H2,(H,29,34)/t23-,24-/m1/s1. The first kappa shape index (κ1) is 23.4. The van der Waals surface area contributed by atoms with E-state index in [9.17, 15) is 4.39 Å². The Bertz CT molecular complexity index is 1140. The SMILES string of the molecule is Fc1ccc(-c2ccc([C@@H]3[C@@H](c4ccccn4)NC(=S)N3CCCN3CCOCC3)o2)c(Br)c1. The van der Waals surface area contributed by atoms with E-state index in [-0.39, 0.29) is 17.9 Å². The molecule has 9 heteroatoms. The third kappa shape index (κ3) is 5.02. The number of hydrogen-bond donors (Lipinski definition) is 1. The summed E-state index contributed by atoms with van der Waals surface area (Å²) in [5, 5.41) is 4.17. The Hall–Kier alpha value is -2.33. The number of aromatic nitrogens is 1. The van der Waals surface area contributed by atoms with E-state index >= 15 is 0 Å². The van der Waals surface area contributed by atoms with Gasteiger partial charge in [0.25, 0.3) is 0 Å². The number of hydrogen-bond acceptors (Lipinski definition) is 5. The van der Waals surface area contributed by atoms with Crippen LogP contribution in [-0.4, -0.2) is 59.3 Å². The topological polar surface area (TPSA) is 53.8 Å². The molecule has 2 aromatic heterocycles. The highest BCUT2D eigenvalue weighted by Gasteiger charge is 2.41. The lowest BCUT2D eigenvalue weighted by Crippen LogP contribution is -2.38. The summed E-state index contributed by atoms with van der Waals surface area (Å²) >= 11 is 9.21. The minimum Gasteiger partial charge on any atom is -0.459 e. The fourth-order valence-electron chi connectivity index (χ4n) is 4.59. The summed E-state index contributed by atoms with van der Waals surface area (Å²) in [7, 11) is 0. The third-order valence-electron chi connectivity index (χ3n) is 6.29. The van der Waals surface area contributed by atoms with Gasteiger partial charge in [-0.2, -0.15) is 0 Å². The summed E-state index contributed by atoms with van der Waals surface area (Å²) in [4.78, 5) is 9.22. The predicted octanol–water partition coefficient (Wildman–Crippen LogP) is 4.94. The van der Waals surface area contributed by atoms with E-state index in [4.69, 9.17) is 21.4 Å². The van der Waals surface area contributed by atoms with E-state index in [0.29, 0.717) is 15.3 Å². The Morgan fingerprint density at radius 3 is 2.74 bits per heavy atom. The van der Waals surface area contributed by atoms with Crippen molar-refractivity contribution in [1.82, 2.24) is 20.1 Å². The van der Waals surface area contributed by atoms with E-state index in [1.807, 2.05) is 30.3 Å². The smallest absolute Gasteiger partial charge is 0.170 e. The van der Waals surface area contributed by atoms with E-state index in [0.717, 1.165) is 62.8 Å². The molecule has 2 saturated heterocycles. The fraction of sp³-hybridized carbons (Fsp3) is 0.360. The van der Waals surface area contributed by atoms with E-state index in [1.54, 1.807) is 12.3 Å². The van der Waals surface area contributed by atoms with Gasteiger partial charge in [-0.25, -0.2) is 4.39 Å². The van der Waals surface area contributed by atoms with Gasteiger partial charge in [0.1, 0.15) is 23.4 Å². The number of nitrogens with one attached hydrogen (secondary N) is 1. The number of rotatable bonds is 7. The molecular formula is C25H26BrFN4O2S. The van der Waals surface area contributed by atoms with Crippen LogP contribution in [-0.2, 0) is 4.74 Å². The third-order valence-corrected chi connectivity index (χ3v) is 7.30. The monoisotopic (exact) mass is 544 g/mol. The Morgan fingerprint density at radius 1 is 1.12 bits per heavy atom. The molecule has 1 N–H and O–H groups in total. The molecule has 6 nitrogen and oxygen atoms in total. The van der Waals surface area contributed by atoms with Crippen LogP contribution in [0.15, 0.2) is 63.6 Å². The molecule has 0 bridgehead atoms. The van der Waals surface area contributed by atoms with Crippen molar-refractivity contribution in [3.8, 4) is 11.3 Å². The van der Waals surface area contributed by atoms with Gasteiger partial charge < -0.3 is 19.4 Å². The number of benzene rings is 1. The fourth-order valence-corrected chi connectivity index (χ4v) is 5.47. The van der Waals surface area contributed by atoms with Crippen LogP contribution in [0.5, 0.6) is 0 Å². The van der Waals surface area contributed by atoms with Crippen LogP contribution >= 0.6 is 28.1 Å². The average molecular weight is 545 g/mol. The summed E-state index contributed by atoms with van der Waals surface area (Å²) in [6, 6.07) is 14.1. The van der Waals surface area contributed by atoms with Gasteiger partial charge in [0, 0.05) is 42.4 Å². The summed E-state index contributed by atoms with van der Waals surface area (Å²) in [5.74, 6) is 1.17. The number of furan rings is 1. The Labute approximate surface area is 212 Å². The van der Waals surface area contributed by atoms with Crippen molar-refractivity contribution in [3.05, 3.63) is 76.5 Å². The Kier molecular flexibility index (Phi) is 7.24. The first-order valence-corrected chi connectivity index (χ1v) is 12.6. The van der Waals surface area contributed by atoms with Crippen LogP contribution < -0.4 is 5.32 Å². The maximum Gasteiger partial charge on any atom is 0.170 e. The van der Waals surface area contributed by atoms with Crippen molar-refractivity contribution in [3.63, 3.8) is 0 Å². The van der Waals surface area contributed by atoms with Gasteiger partial charge >= 0.3 is 0 Å². The first-order valence-electron chi connectivity index (χ1n) is 11.4. The van der Waals surface area contributed by atoms with Crippen molar-refractivity contribution in [2.24, 2.45) is 0 Å². The van der Waals surface area contributed by atoms with Gasteiger partial charge in [-0.15, -0.1) is 0 Å². The number of morpholine rings is 1. The molecule has 5 rings (SSSR count). The molecule has 2 aliphatic heterocycles. The number of ether oxygens (including phenoxy) is 1. The zero-order chi connectivity index (χ0) is 23.5. The normalized spacial score (nSPS) is 21.1. The second-order valence-electron chi connectivity index (χ2n) is 8.45. The number of pyridine rings is 1. The number of halogens is 2. The lowest BCUT2D eigenvalue weighted by molar-refractivity contribution is 0.0365. The van der Waals surface area contributed by atoms with E-state index in [2.05, 4.69) is 36.0 Å². The zero-order valence-electron chi connectivity index (χ0n) is 18.6. The summed E-state index contributed by atoms with van der Waals surface area (Å²) < 4.78 is 26.1. The first-order chi connectivity index (χ1) is 16.6. The van der Waals surface area contributed by atoms with Gasteiger partial charge in [-0.1, -0.05) is 6.07 Å². The zero-order valence-corrected chi connectivity index (χ0v) is 21.0. The average Bonchev–Trinajstić information content (AvgIpc) is 3.45. The summed E-state index contributed by atoms with van der Waals surface area (Å²) in [5.41, 5.74) is 1.71. The maximum atomic E-state index is 13.6. The lowest BCUT2D eigenvalue weighted by atomic mass is 10.0. The number of thiocarbonyl (C=S) groups is 1.